The van der Waals surface area contributed by atoms with Gasteiger partial charge in [0.25, 0.3) is 0 Å². The molecule has 0 amide bonds. The lowest BCUT2D eigenvalue weighted by atomic mass is 9.83. The van der Waals surface area contributed by atoms with Gasteiger partial charge in [-0.1, -0.05) is 13.8 Å². The van der Waals surface area contributed by atoms with Crippen LogP contribution in [0.4, 0.5) is 0 Å². The van der Waals surface area contributed by atoms with Crippen LogP contribution in [0.25, 0.3) is 0 Å². The van der Waals surface area contributed by atoms with Crippen molar-refractivity contribution >= 4 is 0 Å². The summed E-state index contributed by atoms with van der Waals surface area (Å²) in [7, 11) is 0. The second kappa shape index (κ2) is 5.23. The van der Waals surface area contributed by atoms with Gasteiger partial charge >= 0.3 is 0 Å². The van der Waals surface area contributed by atoms with E-state index in [9.17, 15) is 10.2 Å². The molecule has 5 N–H and O–H groups in total. The molecule has 1 rings (SSSR count). The first-order valence-electron chi connectivity index (χ1n) is 5.35. The first kappa shape index (κ1) is 12.9. The number of nitrogens with two attached hydrogens (primary N) is 1. The summed E-state index contributed by atoms with van der Waals surface area (Å²) in [6.45, 7) is 3.80. The molecule has 0 bridgehead atoms. The number of aliphatic hydroxyl groups excluding tert-OH is 3. The van der Waals surface area contributed by atoms with Gasteiger partial charge in [0.2, 0.25) is 0 Å². The highest BCUT2D eigenvalue weighted by molar-refractivity contribution is 4.93. The molecule has 1 aliphatic rings. The Bertz CT molecular complexity index is 198. The third kappa shape index (κ3) is 2.49. The van der Waals surface area contributed by atoms with Crippen molar-refractivity contribution in [2.75, 3.05) is 13.2 Å². The predicted octanol–water partition coefficient (Wildman–Crippen LogP) is -1.30. The largest absolute Gasteiger partial charge is 0.394 e. The van der Waals surface area contributed by atoms with Gasteiger partial charge in [0, 0.05) is 12.5 Å². The first-order chi connectivity index (χ1) is 7.02. The van der Waals surface area contributed by atoms with E-state index in [1.165, 1.54) is 0 Å². The van der Waals surface area contributed by atoms with Crippen molar-refractivity contribution in [1.29, 1.82) is 0 Å². The van der Waals surface area contributed by atoms with Crippen LogP contribution in [0, 0.1) is 11.8 Å². The Balaban J connectivity index is 2.77. The van der Waals surface area contributed by atoms with Gasteiger partial charge in [-0.2, -0.15) is 0 Å². The van der Waals surface area contributed by atoms with Crippen LogP contribution in [0.15, 0.2) is 0 Å². The zero-order chi connectivity index (χ0) is 11.6. The Morgan fingerprint density at radius 1 is 1.27 bits per heavy atom. The lowest BCUT2D eigenvalue weighted by Crippen LogP contribution is -2.58. The fourth-order valence-corrected chi connectivity index (χ4v) is 2.07. The molecule has 0 radical (unpaired) electrons. The number of aliphatic hydroxyl groups is 3. The molecule has 5 nitrogen and oxygen atoms in total. The van der Waals surface area contributed by atoms with Gasteiger partial charge in [0.1, 0.15) is 6.10 Å². The Hall–Kier alpha value is -0.200. The van der Waals surface area contributed by atoms with Crippen LogP contribution in [0.3, 0.4) is 0 Å². The van der Waals surface area contributed by atoms with Crippen LogP contribution in [-0.4, -0.2) is 52.9 Å². The molecule has 0 aromatic rings. The highest BCUT2D eigenvalue weighted by atomic mass is 16.5. The van der Waals surface area contributed by atoms with Crippen molar-refractivity contribution in [2.45, 2.75) is 38.3 Å². The maximum absolute atomic E-state index is 9.84. The van der Waals surface area contributed by atoms with E-state index in [4.69, 9.17) is 15.6 Å². The summed E-state index contributed by atoms with van der Waals surface area (Å²) in [5, 5.41) is 28.8. The molecule has 0 aromatic heterocycles. The van der Waals surface area contributed by atoms with E-state index in [2.05, 4.69) is 0 Å². The second-order valence-electron chi connectivity index (χ2n) is 4.45. The van der Waals surface area contributed by atoms with E-state index in [1.54, 1.807) is 0 Å². The molecule has 1 saturated heterocycles. The second-order valence-corrected chi connectivity index (χ2v) is 4.45. The molecule has 0 aliphatic carbocycles. The zero-order valence-corrected chi connectivity index (χ0v) is 9.21. The van der Waals surface area contributed by atoms with Crippen LogP contribution >= 0.6 is 0 Å². The molecule has 0 saturated carbocycles. The minimum atomic E-state index is -0.929. The number of rotatable bonds is 3. The van der Waals surface area contributed by atoms with Gasteiger partial charge in [0.15, 0.2) is 0 Å². The highest BCUT2D eigenvalue weighted by Gasteiger charge is 2.44. The molecule has 1 aliphatic heterocycles. The van der Waals surface area contributed by atoms with E-state index in [1.807, 2.05) is 13.8 Å². The average molecular weight is 219 g/mol. The summed E-state index contributed by atoms with van der Waals surface area (Å²) < 4.78 is 5.54. The third-order valence-corrected chi connectivity index (χ3v) is 3.04. The van der Waals surface area contributed by atoms with E-state index in [-0.39, 0.29) is 19.1 Å². The minimum Gasteiger partial charge on any atom is -0.394 e. The predicted molar refractivity (Wildman–Crippen MR) is 55.1 cm³/mol. The third-order valence-electron chi connectivity index (χ3n) is 3.04. The Labute approximate surface area is 89.9 Å². The molecular formula is C10H21NO4. The minimum absolute atomic E-state index is 0.0856. The molecular weight excluding hydrogens is 198 g/mol. The normalized spacial score (nSPS) is 42.2. The standard InChI is InChI=1S/C10H21NO4/c1-5(2)10-9(14)8(13)6(3-11)7(4-12)15-10/h5-10,12-14H,3-4,11H2,1-2H3. The van der Waals surface area contributed by atoms with E-state index in [0.29, 0.717) is 0 Å². The summed E-state index contributed by atoms with van der Waals surface area (Å²) in [6, 6.07) is 0. The van der Waals surface area contributed by atoms with E-state index < -0.39 is 30.3 Å². The van der Waals surface area contributed by atoms with Crippen LogP contribution < -0.4 is 5.73 Å². The summed E-state index contributed by atoms with van der Waals surface area (Å²) in [6.07, 6.45) is -2.78. The molecule has 1 fully saturated rings. The fourth-order valence-electron chi connectivity index (χ4n) is 2.07. The lowest BCUT2D eigenvalue weighted by Gasteiger charge is -2.43. The van der Waals surface area contributed by atoms with Crippen molar-refractivity contribution in [1.82, 2.24) is 0 Å². The summed E-state index contributed by atoms with van der Waals surface area (Å²) in [4.78, 5) is 0. The van der Waals surface area contributed by atoms with Gasteiger partial charge in [-0.25, -0.2) is 0 Å². The molecule has 5 atom stereocenters. The van der Waals surface area contributed by atoms with Crippen LogP contribution in [-0.2, 0) is 4.74 Å². The van der Waals surface area contributed by atoms with Gasteiger partial charge in [-0.15, -0.1) is 0 Å². The van der Waals surface area contributed by atoms with Gasteiger partial charge < -0.3 is 25.8 Å². The van der Waals surface area contributed by atoms with Crippen LogP contribution in [0.2, 0.25) is 0 Å². The number of hydrogen-bond donors (Lipinski definition) is 4. The molecule has 0 aromatic carbocycles. The van der Waals surface area contributed by atoms with Crippen molar-refractivity contribution in [3.63, 3.8) is 0 Å². The van der Waals surface area contributed by atoms with Crippen molar-refractivity contribution in [3.05, 3.63) is 0 Å². The smallest absolute Gasteiger partial charge is 0.107 e. The summed E-state index contributed by atoms with van der Waals surface area (Å²) >= 11 is 0. The topological polar surface area (TPSA) is 95.9 Å². The van der Waals surface area contributed by atoms with Crippen LogP contribution in [0.5, 0.6) is 0 Å². The Morgan fingerprint density at radius 2 is 1.87 bits per heavy atom. The monoisotopic (exact) mass is 219 g/mol. The van der Waals surface area contributed by atoms with E-state index in [0.717, 1.165) is 0 Å². The van der Waals surface area contributed by atoms with E-state index >= 15 is 0 Å². The Morgan fingerprint density at radius 3 is 2.27 bits per heavy atom. The fraction of sp³-hybridized carbons (Fsp3) is 1.00. The molecule has 1 heterocycles. The van der Waals surface area contributed by atoms with Crippen LogP contribution in [0.1, 0.15) is 13.8 Å². The van der Waals surface area contributed by atoms with Gasteiger partial charge in [-0.3, -0.25) is 0 Å². The number of ether oxygens (including phenoxy) is 1. The molecule has 0 spiro atoms. The molecule has 15 heavy (non-hydrogen) atoms. The molecule has 5 unspecified atom stereocenters. The molecule has 5 heteroatoms. The SMILES string of the molecule is CC(C)C1OC(CO)C(CN)C(O)C1O. The van der Waals surface area contributed by atoms with Crippen molar-refractivity contribution < 1.29 is 20.1 Å². The zero-order valence-electron chi connectivity index (χ0n) is 9.21. The summed E-state index contributed by atoms with van der Waals surface area (Å²) in [5.41, 5.74) is 5.48. The first-order valence-corrected chi connectivity index (χ1v) is 5.35. The molecule has 90 valence electrons. The van der Waals surface area contributed by atoms with Gasteiger partial charge in [-0.05, 0) is 5.92 Å². The quantitative estimate of drug-likeness (QED) is 0.473. The number of hydrogen-bond acceptors (Lipinski definition) is 5. The maximum atomic E-state index is 9.84. The van der Waals surface area contributed by atoms with Crippen molar-refractivity contribution in [3.8, 4) is 0 Å². The lowest BCUT2D eigenvalue weighted by molar-refractivity contribution is -0.216. The maximum Gasteiger partial charge on any atom is 0.107 e. The summed E-state index contributed by atoms with van der Waals surface area (Å²) in [5.74, 6) is -0.317. The highest BCUT2D eigenvalue weighted by Crippen LogP contribution is 2.28. The van der Waals surface area contributed by atoms with Gasteiger partial charge in [0.05, 0.1) is 24.9 Å². The Kier molecular flexibility index (Phi) is 4.48. The van der Waals surface area contributed by atoms with Crippen molar-refractivity contribution in [2.24, 2.45) is 17.6 Å². The average Bonchev–Trinajstić information content (AvgIpc) is 2.21.